The third-order valence-electron chi connectivity index (χ3n) is 2.69. The Kier molecular flexibility index (Phi) is 3.90. The van der Waals surface area contributed by atoms with Crippen LogP contribution >= 0.6 is 0 Å². The van der Waals surface area contributed by atoms with Crippen LogP contribution in [0.1, 0.15) is 18.2 Å². The molecule has 4 nitrogen and oxygen atoms in total. The quantitative estimate of drug-likeness (QED) is 0.855. The highest BCUT2D eigenvalue weighted by molar-refractivity contribution is 5.33. The second-order valence-corrected chi connectivity index (χ2v) is 3.89. The molecule has 0 spiro atoms. The lowest BCUT2D eigenvalue weighted by molar-refractivity contribution is 0.187. The van der Waals surface area contributed by atoms with Crippen molar-refractivity contribution in [3.05, 3.63) is 48.3 Å². The van der Waals surface area contributed by atoms with Gasteiger partial charge in [-0.2, -0.15) is 5.10 Å². The molecular weight excluding hydrogens is 214 g/mol. The Morgan fingerprint density at radius 2 is 2.06 bits per heavy atom. The van der Waals surface area contributed by atoms with Gasteiger partial charge in [0.15, 0.2) is 0 Å². The molecule has 90 valence electrons. The molecule has 2 rings (SSSR count). The van der Waals surface area contributed by atoms with Crippen molar-refractivity contribution in [2.45, 2.75) is 12.5 Å². The standard InChI is InChI=1S/C13H17N3O/c1-17-10-8-12(14)13-7-9-15-16(13)11-5-3-2-4-6-11/h2-7,9,12H,8,10,14H2,1H3. The van der Waals surface area contributed by atoms with Gasteiger partial charge in [0.05, 0.1) is 11.4 Å². The number of nitrogens with two attached hydrogens (primary N) is 1. The molecule has 0 aliphatic heterocycles. The van der Waals surface area contributed by atoms with Crippen molar-refractivity contribution in [2.75, 3.05) is 13.7 Å². The Morgan fingerprint density at radius 1 is 1.29 bits per heavy atom. The van der Waals surface area contributed by atoms with Crippen LogP contribution in [0.15, 0.2) is 42.6 Å². The third kappa shape index (κ3) is 2.72. The SMILES string of the molecule is COCCC(N)c1ccnn1-c1ccccc1. The van der Waals surface area contributed by atoms with Crippen molar-refractivity contribution in [3.8, 4) is 5.69 Å². The summed E-state index contributed by atoms with van der Waals surface area (Å²) < 4.78 is 6.92. The van der Waals surface area contributed by atoms with Crippen LogP contribution in [-0.4, -0.2) is 23.5 Å². The molecule has 1 heterocycles. The maximum Gasteiger partial charge on any atom is 0.0649 e. The van der Waals surface area contributed by atoms with Gasteiger partial charge in [0.25, 0.3) is 0 Å². The van der Waals surface area contributed by atoms with Crippen LogP contribution in [0.3, 0.4) is 0 Å². The summed E-state index contributed by atoms with van der Waals surface area (Å²) in [6.07, 6.45) is 2.56. The highest BCUT2D eigenvalue weighted by Crippen LogP contribution is 2.17. The van der Waals surface area contributed by atoms with Gasteiger partial charge in [-0.05, 0) is 24.6 Å². The van der Waals surface area contributed by atoms with Crippen molar-refractivity contribution in [3.63, 3.8) is 0 Å². The number of rotatable bonds is 5. The van der Waals surface area contributed by atoms with Crippen molar-refractivity contribution < 1.29 is 4.74 Å². The van der Waals surface area contributed by atoms with Gasteiger partial charge in [-0.1, -0.05) is 18.2 Å². The highest BCUT2D eigenvalue weighted by Gasteiger charge is 2.12. The Morgan fingerprint density at radius 3 is 2.76 bits per heavy atom. The Bertz CT molecular complexity index is 453. The Hall–Kier alpha value is -1.65. The smallest absolute Gasteiger partial charge is 0.0649 e. The average Bonchev–Trinajstić information content (AvgIpc) is 2.86. The monoisotopic (exact) mass is 231 g/mol. The lowest BCUT2D eigenvalue weighted by Gasteiger charge is -2.13. The van der Waals surface area contributed by atoms with Crippen LogP contribution in [0.4, 0.5) is 0 Å². The molecule has 2 N–H and O–H groups in total. The van der Waals surface area contributed by atoms with Crippen molar-refractivity contribution in [1.29, 1.82) is 0 Å². The van der Waals surface area contributed by atoms with E-state index in [1.165, 1.54) is 0 Å². The predicted molar refractivity (Wildman–Crippen MR) is 67.0 cm³/mol. The zero-order chi connectivity index (χ0) is 12.1. The molecule has 0 bridgehead atoms. The van der Waals surface area contributed by atoms with Gasteiger partial charge >= 0.3 is 0 Å². The van der Waals surface area contributed by atoms with Gasteiger partial charge in [0, 0.05) is 26.0 Å². The number of aromatic nitrogens is 2. The van der Waals surface area contributed by atoms with E-state index < -0.39 is 0 Å². The lowest BCUT2D eigenvalue weighted by atomic mass is 10.1. The van der Waals surface area contributed by atoms with Crippen LogP contribution in [0, 0.1) is 0 Å². The van der Waals surface area contributed by atoms with Gasteiger partial charge in [-0.15, -0.1) is 0 Å². The van der Waals surface area contributed by atoms with E-state index in [0.29, 0.717) is 6.61 Å². The first-order valence-corrected chi connectivity index (χ1v) is 5.67. The van der Waals surface area contributed by atoms with E-state index in [2.05, 4.69) is 5.10 Å². The highest BCUT2D eigenvalue weighted by atomic mass is 16.5. The summed E-state index contributed by atoms with van der Waals surface area (Å²) in [6.45, 7) is 0.654. The number of methoxy groups -OCH3 is 1. The summed E-state index contributed by atoms with van der Waals surface area (Å²) >= 11 is 0. The van der Waals surface area contributed by atoms with Crippen LogP contribution < -0.4 is 5.73 Å². The van der Waals surface area contributed by atoms with Crippen LogP contribution in [0.2, 0.25) is 0 Å². The van der Waals surface area contributed by atoms with Gasteiger partial charge in [-0.3, -0.25) is 0 Å². The molecule has 0 aliphatic rings. The van der Waals surface area contributed by atoms with Gasteiger partial charge in [0.1, 0.15) is 0 Å². The van der Waals surface area contributed by atoms with Crippen molar-refractivity contribution in [2.24, 2.45) is 5.73 Å². The van der Waals surface area contributed by atoms with E-state index in [1.54, 1.807) is 13.3 Å². The number of nitrogens with zero attached hydrogens (tertiary/aromatic N) is 2. The molecule has 2 aromatic rings. The number of hydrogen-bond donors (Lipinski definition) is 1. The maximum atomic E-state index is 6.12. The molecule has 0 radical (unpaired) electrons. The van der Waals surface area contributed by atoms with Crippen molar-refractivity contribution in [1.82, 2.24) is 9.78 Å². The van der Waals surface area contributed by atoms with E-state index >= 15 is 0 Å². The minimum absolute atomic E-state index is 0.0577. The van der Waals surface area contributed by atoms with E-state index in [4.69, 9.17) is 10.5 Å². The topological polar surface area (TPSA) is 53.1 Å². The summed E-state index contributed by atoms with van der Waals surface area (Å²) in [5.41, 5.74) is 8.16. The van der Waals surface area contributed by atoms with Crippen LogP contribution in [0.5, 0.6) is 0 Å². The molecule has 0 saturated carbocycles. The van der Waals surface area contributed by atoms with E-state index in [9.17, 15) is 0 Å². The lowest BCUT2D eigenvalue weighted by Crippen LogP contribution is -2.17. The van der Waals surface area contributed by atoms with Crippen molar-refractivity contribution >= 4 is 0 Å². The van der Waals surface area contributed by atoms with Crippen LogP contribution in [-0.2, 0) is 4.74 Å². The molecule has 0 aliphatic carbocycles. The first-order chi connectivity index (χ1) is 8.33. The molecule has 4 heteroatoms. The molecule has 1 unspecified atom stereocenters. The summed E-state index contributed by atoms with van der Waals surface area (Å²) in [7, 11) is 1.68. The first kappa shape index (κ1) is 11.8. The van der Waals surface area contributed by atoms with Gasteiger partial charge < -0.3 is 10.5 Å². The predicted octanol–water partition coefficient (Wildman–Crippen LogP) is 1.91. The second kappa shape index (κ2) is 5.61. The zero-order valence-corrected chi connectivity index (χ0v) is 9.91. The normalized spacial score (nSPS) is 12.6. The Labute approximate surface area is 101 Å². The second-order valence-electron chi connectivity index (χ2n) is 3.89. The Balaban J connectivity index is 2.23. The molecule has 17 heavy (non-hydrogen) atoms. The number of benzene rings is 1. The molecule has 1 atom stereocenters. The van der Waals surface area contributed by atoms with Gasteiger partial charge in [0.2, 0.25) is 0 Å². The third-order valence-corrected chi connectivity index (χ3v) is 2.69. The molecule has 1 aromatic carbocycles. The summed E-state index contributed by atoms with van der Waals surface area (Å²) in [5.74, 6) is 0. The molecule has 1 aromatic heterocycles. The number of hydrogen-bond acceptors (Lipinski definition) is 3. The fourth-order valence-electron chi connectivity index (χ4n) is 1.77. The zero-order valence-electron chi connectivity index (χ0n) is 9.91. The first-order valence-electron chi connectivity index (χ1n) is 5.67. The fraction of sp³-hybridized carbons (Fsp3) is 0.308. The van der Waals surface area contributed by atoms with Gasteiger partial charge in [-0.25, -0.2) is 4.68 Å². The number of ether oxygens (including phenoxy) is 1. The van der Waals surface area contributed by atoms with Crippen LogP contribution in [0.25, 0.3) is 5.69 Å². The number of para-hydroxylation sites is 1. The van der Waals surface area contributed by atoms with E-state index in [1.807, 2.05) is 41.1 Å². The fourth-order valence-corrected chi connectivity index (χ4v) is 1.77. The molecular formula is C13H17N3O. The molecule has 0 amide bonds. The van der Waals surface area contributed by atoms with E-state index in [-0.39, 0.29) is 6.04 Å². The largest absolute Gasteiger partial charge is 0.385 e. The summed E-state index contributed by atoms with van der Waals surface area (Å²) in [6, 6.07) is 11.9. The molecule has 0 saturated heterocycles. The summed E-state index contributed by atoms with van der Waals surface area (Å²) in [4.78, 5) is 0. The summed E-state index contributed by atoms with van der Waals surface area (Å²) in [5, 5.41) is 4.31. The average molecular weight is 231 g/mol. The minimum atomic E-state index is -0.0577. The van der Waals surface area contributed by atoms with E-state index in [0.717, 1.165) is 17.8 Å². The maximum absolute atomic E-state index is 6.12. The minimum Gasteiger partial charge on any atom is -0.385 e. The molecule has 0 fully saturated rings.